The first kappa shape index (κ1) is 19.1. The molecule has 5 rings (SSSR count). The van der Waals surface area contributed by atoms with Gasteiger partial charge in [-0.25, -0.2) is 9.97 Å². The second-order valence-electron chi connectivity index (χ2n) is 9.18. The van der Waals surface area contributed by atoms with Gasteiger partial charge in [-0.3, -0.25) is 4.79 Å². The summed E-state index contributed by atoms with van der Waals surface area (Å²) in [6.45, 7) is 5.74. The lowest BCUT2D eigenvalue weighted by atomic mass is 9.77. The van der Waals surface area contributed by atoms with Crippen LogP contribution in [0.3, 0.4) is 0 Å². The fraction of sp³-hybridized carbons (Fsp3) is 0.458. The number of anilines is 1. The molecule has 0 radical (unpaired) electrons. The van der Waals surface area contributed by atoms with Crippen LogP contribution in [0.4, 0.5) is 5.95 Å². The molecule has 1 aromatic carbocycles. The second kappa shape index (κ2) is 6.83. The van der Waals surface area contributed by atoms with Gasteiger partial charge < -0.3 is 14.8 Å². The molecular weight excluding hydrogens is 374 g/mol. The number of benzene rings is 1. The zero-order valence-electron chi connectivity index (χ0n) is 18.2. The molecule has 1 fully saturated rings. The molecule has 156 valence electrons. The summed E-state index contributed by atoms with van der Waals surface area (Å²) in [6, 6.07) is 6.03. The summed E-state index contributed by atoms with van der Waals surface area (Å²) in [6.07, 6.45) is 6.13. The van der Waals surface area contributed by atoms with Crippen LogP contribution in [-0.4, -0.2) is 52.9 Å². The lowest BCUT2D eigenvalue weighted by molar-refractivity contribution is 0.0633. The minimum absolute atomic E-state index is 0.0400. The van der Waals surface area contributed by atoms with Crippen molar-refractivity contribution >= 4 is 22.8 Å². The number of aromatic amines is 1. The monoisotopic (exact) mass is 403 g/mol. The molecular formula is C24H29N5O. The number of carbonyl (C=O) groups excluding carboxylic acids is 1. The standard InChI is InChI=1S/C24H29N5O/c1-15-16(2)26-20-7-6-17(12-19(15)20)22(30)29-11-5-9-24(14-29)10-8-18-13-25-23(28(3)4)27-21(18)24/h6-7,12-13,26H,5,8-11,14H2,1-4H3. The number of nitrogens with one attached hydrogen (secondary N) is 1. The van der Waals surface area contributed by atoms with E-state index in [0.717, 1.165) is 72.6 Å². The van der Waals surface area contributed by atoms with Crippen molar-refractivity contribution in [3.8, 4) is 0 Å². The Bertz CT molecular complexity index is 1140. The smallest absolute Gasteiger partial charge is 0.253 e. The van der Waals surface area contributed by atoms with Crippen molar-refractivity contribution < 1.29 is 4.79 Å². The number of hydrogen-bond acceptors (Lipinski definition) is 4. The van der Waals surface area contributed by atoms with Crippen molar-refractivity contribution in [3.05, 3.63) is 52.5 Å². The molecule has 2 aromatic heterocycles. The largest absolute Gasteiger partial charge is 0.358 e. The van der Waals surface area contributed by atoms with Crippen molar-refractivity contribution in [3.63, 3.8) is 0 Å². The van der Waals surface area contributed by atoms with Gasteiger partial charge in [0.05, 0.1) is 5.69 Å². The summed E-state index contributed by atoms with van der Waals surface area (Å²) < 4.78 is 0. The summed E-state index contributed by atoms with van der Waals surface area (Å²) in [7, 11) is 3.95. The van der Waals surface area contributed by atoms with E-state index in [1.165, 1.54) is 11.1 Å². The molecule has 0 saturated carbocycles. The van der Waals surface area contributed by atoms with Crippen molar-refractivity contribution in [2.75, 3.05) is 32.1 Å². The Labute approximate surface area is 177 Å². The zero-order chi connectivity index (χ0) is 21.0. The van der Waals surface area contributed by atoms with Gasteiger partial charge in [0.1, 0.15) is 0 Å². The molecule has 30 heavy (non-hydrogen) atoms. The number of rotatable bonds is 2. The topological polar surface area (TPSA) is 65.1 Å². The molecule has 1 atom stereocenters. The number of hydrogen-bond donors (Lipinski definition) is 1. The van der Waals surface area contributed by atoms with Crippen LogP contribution < -0.4 is 4.90 Å². The van der Waals surface area contributed by atoms with Crippen LogP contribution in [0.5, 0.6) is 0 Å². The molecule has 1 aliphatic heterocycles. The minimum Gasteiger partial charge on any atom is -0.358 e. The number of aryl methyl sites for hydroxylation is 3. The Kier molecular flexibility index (Phi) is 4.34. The van der Waals surface area contributed by atoms with Gasteiger partial charge in [-0.15, -0.1) is 0 Å². The fourth-order valence-electron chi connectivity index (χ4n) is 5.23. The Morgan fingerprint density at radius 3 is 2.87 bits per heavy atom. The average Bonchev–Trinajstić information content (AvgIpc) is 3.24. The predicted molar refractivity (Wildman–Crippen MR) is 119 cm³/mol. The third kappa shape index (κ3) is 2.89. The maximum absolute atomic E-state index is 13.5. The summed E-state index contributed by atoms with van der Waals surface area (Å²) >= 11 is 0. The maximum atomic E-state index is 13.5. The first-order valence-electron chi connectivity index (χ1n) is 10.8. The van der Waals surface area contributed by atoms with E-state index in [-0.39, 0.29) is 11.3 Å². The third-order valence-corrected chi connectivity index (χ3v) is 7.05. The number of likely N-dealkylation sites (tertiary alicyclic amines) is 1. The highest BCUT2D eigenvalue weighted by Crippen LogP contribution is 2.44. The van der Waals surface area contributed by atoms with Crippen LogP contribution in [0, 0.1) is 13.8 Å². The molecule has 3 heterocycles. The molecule has 6 heteroatoms. The lowest BCUT2D eigenvalue weighted by Gasteiger charge is -2.40. The molecule has 1 spiro atoms. The number of nitrogens with zero attached hydrogens (tertiary/aromatic N) is 4. The number of fused-ring (bicyclic) bond motifs is 3. The highest BCUT2D eigenvalue weighted by atomic mass is 16.2. The highest BCUT2D eigenvalue weighted by molar-refractivity contribution is 5.99. The molecule has 2 aliphatic rings. The van der Waals surface area contributed by atoms with Crippen molar-refractivity contribution in [1.29, 1.82) is 0 Å². The molecule has 1 N–H and O–H groups in total. The van der Waals surface area contributed by atoms with Crippen LogP contribution in [0.15, 0.2) is 24.4 Å². The summed E-state index contributed by atoms with van der Waals surface area (Å²) in [5, 5.41) is 1.14. The van der Waals surface area contributed by atoms with Gasteiger partial charge in [0.2, 0.25) is 5.95 Å². The summed E-state index contributed by atoms with van der Waals surface area (Å²) in [4.78, 5) is 30.3. The van der Waals surface area contributed by atoms with Crippen LogP contribution in [0.1, 0.15) is 52.1 Å². The fourth-order valence-corrected chi connectivity index (χ4v) is 5.23. The van der Waals surface area contributed by atoms with Gasteiger partial charge in [-0.2, -0.15) is 0 Å². The minimum atomic E-state index is -0.0400. The number of H-pyrrole nitrogens is 1. The molecule has 1 aliphatic carbocycles. The summed E-state index contributed by atoms with van der Waals surface area (Å²) in [5.74, 6) is 0.881. The zero-order valence-corrected chi connectivity index (χ0v) is 18.2. The van der Waals surface area contributed by atoms with E-state index in [1.54, 1.807) is 0 Å². The van der Waals surface area contributed by atoms with Gasteiger partial charge >= 0.3 is 0 Å². The van der Waals surface area contributed by atoms with Gasteiger partial charge in [-0.1, -0.05) is 0 Å². The van der Waals surface area contributed by atoms with E-state index in [1.807, 2.05) is 48.3 Å². The quantitative estimate of drug-likeness (QED) is 0.708. The SMILES string of the molecule is Cc1[nH]c2ccc(C(=O)N3CCCC4(CCc5cnc(N(C)C)nc54)C3)cc2c1C. The maximum Gasteiger partial charge on any atom is 0.253 e. The van der Waals surface area contributed by atoms with Crippen molar-refractivity contribution in [1.82, 2.24) is 19.9 Å². The van der Waals surface area contributed by atoms with Crippen LogP contribution >= 0.6 is 0 Å². The van der Waals surface area contributed by atoms with Gasteiger partial charge in [0, 0.05) is 61.0 Å². The number of piperidine rings is 1. The molecule has 1 amide bonds. The van der Waals surface area contributed by atoms with E-state index in [0.29, 0.717) is 0 Å². The van der Waals surface area contributed by atoms with E-state index < -0.39 is 0 Å². The predicted octanol–water partition coefficient (Wildman–Crippen LogP) is 3.76. The molecule has 3 aromatic rings. The number of amides is 1. The normalized spacial score (nSPS) is 20.7. The molecule has 1 saturated heterocycles. The Morgan fingerprint density at radius 2 is 2.07 bits per heavy atom. The van der Waals surface area contributed by atoms with E-state index in [4.69, 9.17) is 4.98 Å². The number of carbonyl (C=O) groups is 1. The van der Waals surface area contributed by atoms with Crippen LogP contribution in [0.25, 0.3) is 10.9 Å². The van der Waals surface area contributed by atoms with E-state index in [2.05, 4.69) is 23.8 Å². The third-order valence-electron chi connectivity index (χ3n) is 7.05. The van der Waals surface area contributed by atoms with Gasteiger partial charge in [0.25, 0.3) is 5.91 Å². The number of aromatic nitrogens is 3. The second-order valence-corrected chi connectivity index (χ2v) is 9.18. The highest BCUT2D eigenvalue weighted by Gasteiger charge is 2.45. The molecule has 6 nitrogen and oxygen atoms in total. The average molecular weight is 404 g/mol. The Morgan fingerprint density at radius 1 is 1.23 bits per heavy atom. The van der Waals surface area contributed by atoms with Crippen LogP contribution in [-0.2, 0) is 11.8 Å². The molecule has 0 bridgehead atoms. The first-order chi connectivity index (χ1) is 14.4. The van der Waals surface area contributed by atoms with Crippen molar-refractivity contribution in [2.24, 2.45) is 0 Å². The van der Waals surface area contributed by atoms with Crippen molar-refractivity contribution in [2.45, 2.75) is 44.9 Å². The van der Waals surface area contributed by atoms with E-state index in [9.17, 15) is 4.79 Å². The molecule has 1 unspecified atom stereocenters. The Hall–Kier alpha value is -2.89. The summed E-state index contributed by atoms with van der Waals surface area (Å²) in [5.41, 5.74) is 6.60. The van der Waals surface area contributed by atoms with Gasteiger partial charge in [0.15, 0.2) is 0 Å². The Balaban J connectivity index is 1.46. The lowest BCUT2D eigenvalue weighted by Crippen LogP contribution is -2.48. The van der Waals surface area contributed by atoms with E-state index >= 15 is 0 Å². The first-order valence-corrected chi connectivity index (χ1v) is 10.8. The van der Waals surface area contributed by atoms with Crippen LogP contribution in [0.2, 0.25) is 0 Å². The van der Waals surface area contributed by atoms with Gasteiger partial charge in [-0.05, 0) is 68.9 Å².